The van der Waals surface area contributed by atoms with E-state index >= 15 is 0 Å². The summed E-state index contributed by atoms with van der Waals surface area (Å²) in [6, 6.07) is 8.20. The summed E-state index contributed by atoms with van der Waals surface area (Å²) in [5.41, 5.74) is 7.29. The minimum absolute atomic E-state index is 0.339. The van der Waals surface area contributed by atoms with E-state index in [1.165, 1.54) is 12.1 Å². The van der Waals surface area contributed by atoms with Crippen LogP contribution < -0.4 is 11.1 Å². The van der Waals surface area contributed by atoms with Crippen molar-refractivity contribution in [3.63, 3.8) is 0 Å². The largest absolute Gasteiger partial charge is 0.331 e. The molecular formula is C16H15FN6. The molecule has 23 heavy (non-hydrogen) atoms. The molecule has 0 aliphatic carbocycles. The Balaban J connectivity index is 1.98. The molecule has 0 aliphatic heterocycles. The van der Waals surface area contributed by atoms with Gasteiger partial charge in [-0.3, -0.25) is 0 Å². The quantitative estimate of drug-likeness (QED) is 0.755. The Labute approximate surface area is 132 Å². The zero-order chi connectivity index (χ0) is 16.2. The number of aromatic nitrogens is 3. The third kappa shape index (κ3) is 3.12. The van der Waals surface area contributed by atoms with Crippen LogP contribution in [0.5, 0.6) is 0 Å². The lowest BCUT2D eigenvalue weighted by Crippen LogP contribution is -2.06. The Kier molecular flexibility index (Phi) is 4.17. The molecule has 3 aromatic rings. The van der Waals surface area contributed by atoms with E-state index < -0.39 is 0 Å². The Morgan fingerprint density at radius 2 is 2.26 bits per heavy atom. The van der Waals surface area contributed by atoms with Crippen molar-refractivity contribution in [2.45, 2.75) is 13.0 Å². The normalized spacial score (nSPS) is 10.7. The minimum atomic E-state index is -0.339. The standard InChI is InChI=1S/C16H15FN6/c17-12-3-1-4-13(7-12)21-16-20-9-14-11(8-19)10-23(6-2-5-18)15(14)22-16/h1,3-4,7,9-10H,2,5-6,18H2,(H,20,21,22). The molecule has 0 radical (unpaired) electrons. The third-order valence-corrected chi connectivity index (χ3v) is 3.42. The highest BCUT2D eigenvalue weighted by Crippen LogP contribution is 2.21. The van der Waals surface area contributed by atoms with E-state index in [0.29, 0.717) is 41.3 Å². The number of nitrogens with two attached hydrogens (primary N) is 1. The molecule has 1 aromatic carbocycles. The van der Waals surface area contributed by atoms with E-state index in [2.05, 4.69) is 21.4 Å². The van der Waals surface area contributed by atoms with Gasteiger partial charge in [0, 0.05) is 24.6 Å². The number of benzene rings is 1. The molecule has 0 saturated carbocycles. The number of rotatable bonds is 5. The second-order valence-electron chi connectivity index (χ2n) is 5.06. The summed E-state index contributed by atoms with van der Waals surface area (Å²) in [6.07, 6.45) is 4.13. The van der Waals surface area contributed by atoms with E-state index in [-0.39, 0.29) is 5.82 Å². The molecule has 0 aliphatic rings. The van der Waals surface area contributed by atoms with Gasteiger partial charge in [0.2, 0.25) is 5.95 Å². The van der Waals surface area contributed by atoms with Crippen LogP contribution in [-0.2, 0) is 6.54 Å². The van der Waals surface area contributed by atoms with Crippen molar-refractivity contribution in [2.24, 2.45) is 5.73 Å². The third-order valence-electron chi connectivity index (χ3n) is 3.42. The first kappa shape index (κ1) is 14.9. The van der Waals surface area contributed by atoms with Crippen LogP contribution in [0.25, 0.3) is 11.0 Å². The highest BCUT2D eigenvalue weighted by Gasteiger charge is 2.11. The van der Waals surface area contributed by atoms with Gasteiger partial charge in [0.25, 0.3) is 0 Å². The van der Waals surface area contributed by atoms with E-state index in [1.54, 1.807) is 24.5 Å². The number of aryl methyl sites for hydroxylation is 1. The molecule has 2 heterocycles. The zero-order valence-corrected chi connectivity index (χ0v) is 12.3. The van der Waals surface area contributed by atoms with Crippen molar-refractivity contribution in [2.75, 3.05) is 11.9 Å². The molecule has 116 valence electrons. The van der Waals surface area contributed by atoms with Gasteiger partial charge in [-0.05, 0) is 31.2 Å². The molecule has 0 unspecified atom stereocenters. The number of nitrogens with one attached hydrogen (secondary N) is 1. The fourth-order valence-corrected chi connectivity index (χ4v) is 2.35. The van der Waals surface area contributed by atoms with Crippen molar-refractivity contribution in [1.82, 2.24) is 14.5 Å². The molecule has 3 rings (SSSR count). The number of nitrogens with zero attached hydrogens (tertiary/aromatic N) is 4. The Morgan fingerprint density at radius 3 is 3.00 bits per heavy atom. The SMILES string of the molecule is N#Cc1cn(CCCN)c2nc(Nc3cccc(F)c3)ncc12. The van der Waals surface area contributed by atoms with Crippen LogP contribution in [0.1, 0.15) is 12.0 Å². The number of fused-ring (bicyclic) bond motifs is 1. The first-order valence-corrected chi connectivity index (χ1v) is 7.20. The van der Waals surface area contributed by atoms with Crippen LogP contribution in [0.15, 0.2) is 36.7 Å². The number of hydrogen-bond acceptors (Lipinski definition) is 5. The summed E-state index contributed by atoms with van der Waals surface area (Å²) in [5, 5.41) is 12.9. The fraction of sp³-hybridized carbons (Fsp3) is 0.188. The average molecular weight is 310 g/mol. The lowest BCUT2D eigenvalue weighted by atomic mass is 10.3. The van der Waals surface area contributed by atoms with Gasteiger partial charge in [-0.1, -0.05) is 6.07 Å². The molecule has 0 spiro atoms. The van der Waals surface area contributed by atoms with E-state index in [9.17, 15) is 9.65 Å². The molecule has 0 bridgehead atoms. The van der Waals surface area contributed by atoms with Crippen LogP contribution in [0.3, 0.4) is 0 Å². The predicted molar refractivity (Wildman–Crippen MR) is 85.6 cm³/mol. The zero-order valence-electron chi connectivity index (χ0n) is 12.3. The minimum Gasteiger partial charge on any atom is -0.331 e. The monoisotopic (exact) mass is 310 g/mol. The number of anilines is 2. The van der Waals surface area contributed by atoms with Gasteiger partial charge in [0.1, 0.15) is 17.5 Å². The topological polar surface area (TPSA) is 92.5 Å². The first-order valence-electron chi connectivity index (χ1n) is 7.20. The number of hydrogen-bond donors (Lipinski definition) is 2. The molecule has 6 nitrogen and oxygen atoms in total. The van der Waals surface area contributed by atoms with Crippen LogP contribution >= 0.6 is 0 Å². The van der Waals surface area contributed by atoms with Crippen molar-refractivity contribution in [3.05, 3.63) is 48.0 Å². The molecule has 0 fully saturated rings. The maximum Gasteiger partial charge on any atom is 0.229 e. The Hall–Kier alpha value is -2.98. The summed E-state index contributed by atoms with van der Waals surface area (Å²) in [6.45, 7) is 1.23. The maximum atomic E-state index is 13.2. The van der Waals surface area contributed by atoms with Crippen molar-refractivity contribution < 1.29 is 4.39 Å². The number of nitriles is 1. The van der Waals surface area contributed by atoms with Gasteiger partial charge >= 0.3 is 0 Å². The molecule has 3 N–H and O–H groups in total. The van der Waals surface area contributed by atoms with Crippen molar-refractivity contribution in [3.8, 4) is 6.07 Å². The van der Waals surface area contributed by atoms with Gasteiger partial charge in [0.05, 0.1) is 10.9 Å². The number of halogens is 1. The average Bonchev–Trinajstić information content (AvgIpc) is 2.90. The lowest BCUT2D eigenvalue weighted by Gasteiger charge is -2.07. The Morgan fingerprint density at radius 1 is 1.39 bits per heavy atom. The molecule has 7 heteroatoms. The van der Waals surface area contributed by atoms with Crippen LogP contribution in [0, 0.1) is 17.1 Å². The van der Waals surface area contributed by atoms with Crippen molar-refractivity contribution in [1.29, 1.82) is 5.26 Å². The maximum absolute atomic E-state index is 13.2. The fourth-order valence-electron chi connectivity index (χ4n) is 2.35. The van der Waals surface area contributed by atoms with Gasteiger partial charge in [0.15, 0.2) is 0 Å². The van der Waals surface area contributed by atoms with E-state index in [4.69, 9.17) is 5.73 Å². The summed E-state index contributed by atoms with van der Waals surface area (Å²) < 4.78 is 15.1. The molecule has 2 aromatic heterocycles. The smallest absolute Gasteiger partial charge is 0.229 e. The van der Waals surface area contributed by atoms with Gasteiger partial charge in [-0.25, -0.2) is 9.37 Å². The van der Waals surface area contributed by atoms with E-state index in [0.717, 1.165) is 6.42 Å². The van der Waals surface area contributed by atoms with Crippen LogP contribution in [0.4, 0.5) is 16.0 Å². The summed E-state index contributed by atoms with van der Waals surface area (Å²) in [5.74, 6) is 0.00820. The highest BCUT2D eigenvalue weighted by molar-refractivity contribution is 5.83. The lowest BCUT2D eigenvalue weighted by molar-refractivity contribution is 0.628. The van der Waals surface area contributed by atoms with Gasteiger partial charge in [-0.15, -0.1) is 0 Å². The van der Waals surface area contributed by atoms with Gasteiger partial charge < -0.3 is 15.6 Å². The van der Waals surface area contributed by atoms with Gasteiger partial charge in [-0.2, -0.15) is 10.2 Å². The molecule has 0 atom stereocenters. The van der Waals surface area contributed by atoms with E-state index in [1.807, 2.05) is 4.57 Å². The van der Waals surface area contributed by atoms with Crippen LogP contribution in [-0.4, -0.2) is 21.1 Å². The molecule has 0 amide bonds. The Bertz CT molecular complexity index is 880. The van der Waals surface area contributed by atoms with Crippen molar-refractivity contribution >= 4 is 22.7 Å². The summed E-state index contributed by atoms with van der Waals surface area (Å²) in [4.78, 5) is 8.65. The summed E-state index contributed by atoms with van der Waals surface area (Å²) >= 11 is 0. The second-order valence-corrected chi connectivity index (χ2v) is 5.06. The summed E-state index contributed by atoms with van der Waals surface area (Å²) in [7, 11) is 0. The highest BCUT2D eigenvalue weighted by atomic mass is 19.1. The molecule has 0 saturated heterocycles. The second kappa shape index (κ2) is 6.42. The molecular weight excluding hydrogens is 295 g/mol. The first-order chi connectivity index (χ1) is 11.2. The van der Waals surface area contributed by atoms with Crippen LogP contribution in [0.2, 0.25) is 0 Å². The predicted octanol–water partition coefficient (Wildman–Crippen LogP) is 2.53.